The molecule has 1 aliphatic rings. The lowest BCUT2D eigenvalue weighted by Gasteiger charge is -2.04. The zero-order valence-corrected chi connectivity index (χ0v) is 8.15. The molecule has 1 aliphatic heterocycles. The summed E-state index contributed by atoms with van der Waals surface area (Å²) in [6, 6.07) is 3.01. The van der Waals surface area contributed by atoms with Crippen LogP contribution < -0.4 is 9.47 Å². The molecular weight excluding hydrogens is 200 g/mol. The fraction of sp³-hybridized carbons (Fsp3) is 0.300. The molecule has 0 bridgehead atoms. The SMILES string of the molecule is COC(=O)Cc1cc2c(cc1O)OCO2. The molecule has 1 heterocycles. The number of ether oxygens (including phenoxy) is 3. The average molecular weight is 210 g/mol. The molecular formula is C10H10O5. The number of fused-ring (bicyclic) bond motifs is 1. The zero-order valence-electron chi connectivity index (χ0n) is 8.15. The van der Waals surface area contributed by atoms with Gasteiger partial charge in [-0.25, -0.2) is 0 Å². The summed E-state index contributed by atoms with van der Waals surface area (Å²) in [6.45, 7) is 0.135. The zero-order chi connectivity index (χ0) is 10.8. The van der Waals surface area contributed by atoms with Crippen LogP contribution in [0.5, 0.6) is 17.2 Å². The Morgan fingerprint density at radius 3 is 2.80 bits per heavy atom. The number of phenolic OH excluding ortho intramolecular Hbond substituents is 1. The monoisotopic (exact) mass is 210 g/mol. The van der Waals surface area contributed by atoms with E-state index >= 15 is 0 Å². The molecule has 0 unspecified atom stereocenters. The first-order valence-corrected chi connectivity index (χ1v) is 4.39. The Morgan fingerprint density at radius 2 is 2.13 bits per heavy atom. The van der Waals surface area contributed by atoms with Crippen molar-refractivity contribution in [2.24, 2.45) is 0 Å². The molecule has 0 aliphatic carbocycles. The van der Waals surface area contributed by atoms with E-state index in [9.17, 15) is 9.90 Å². The number of methoxy groups -OCH3 is 1. The first-order valence-electron chi connectivity index (χ1n) is 4.39. The molecule has 5 heteroatoms. The molecule has 0 aromatic heterocycles. The summed E-state index contributed by atoms with van der Waals surface area (Å²) >= 11 is 0. The molecule has 0 atom stereocenters. The quantitative estimate of drug-likeness (QED) is 0.732. The van der Waals surface area contributed by atoms with Crippen LogP contribution in [0.4, 0.5) is 0 Å². The molecule has 1 aromatic carbocycles. The van der Waals surface area contributed by atoms with Crippen molar-refractivity contribution in [3.05, 3.63) is 17.7 Å². The van der Waals surface area contributed by atoms with Crippen LogP contribution in [0, 0.1) is 0 Å². The van der Waals surface area contributed by atoms with Gasteiger partial charge in [-0.3, -0.25) is 4.79 Å². The number of aromatic hydroxyl groups is 1. The molecule has 5 nitrogen and oxygen atoms in total. The lowest BCUT2D eigenvalue weighted by molar-refractivity contribution is -0.139. The molecule has 0 amide bonds. The minimum Gasteiger partial charge on any atom is -0.508 e. The molecule has 15 heavy (non-hydrogen) atoms. The second kappa shape index (κ2) is 3.68. The van der Waals surface area contributed by atoms with Gasteiger partial charge in [0.05, 0.1) is 13.5 Å². The van der Waals surface area contributed by atoms with E-state index in [2.05, 4.69) is 4.74 Å². The predicted molar refractivity (Wildman–Crippen MR) is 49.9 cm³/mol. The normalized spacial score (nSPS) is 12.6. The molecule has 0 fully saturated rings. The summed E-state index contributed by atoms with van der Waals surface area (Å²) < 4.78 is 14.7. The van der Waals surface area contributed by atoms with Crippen LogP contribution in [-0.2, 0) is 16.0 Å². The molecule has 1 aromatic rings. The molecule has 80 valence electrons. The second-order valence-corrected chi connectivity index (χ2v) is 3.09. The molecule has 1 N–H and O–H groups in total. The third-order valence-corrected chi connectivity index (χ3v) is 2.14. The maximum atomic E-state index is 11.0. The van der Waals surface area contributed by atoms with Crippen LogP contribution in [0.2, 0.25) is 0 Å². The summed E-state index contributed by atoms with van der Waals surface area (Å²) in [7, 11) is 1.30. The smallest absolute Gasteiger partial charge is 0.310 e. The van der Waals surface area contributed by atoms with E-state index in [1.807, 2.05) is 0 Å². The minimum atomic E-state index is -0.413. The van der Waals surface area contributed by atoms with Crippen molar-refractivity contribution in [1.29, 1.82) is 0 Å². The summed E-state index contributed by atoms with van der Waals surface area (Å²) in [4.78, 5) is 11.0. The summed E-state index contributed by atoms with van der Waals surface area (Å²) in [5, 5.41) is 9.58. The Balaban J connectivity index is 2.28. The van der Waals surface area contributed by atoms with Gasteiger partial charge >= 0.3 is 5.97 Å². The summed E-state index contributed by atoms with van der Waals surface area (Å²) in [5.74, 6) is 0.613. The number of carbonyl (C=O) groups is 1. The minimum absolute atomic E-state index is 0.00431. The first kappa shape index (κ1) is 9.64. The van der Waals surface area contributed by atoms with Crippen molar-refractivity contribution in [3.8, 4) is 17.2 Å². The predicted octanol–water partition coefficient (Wildman–Crippen LogP) is 0.836. The Labute approximate surface area is 86.2 Å². The van der Waals surface area contributed by atoms with E-state index in [1.54, 1.807) is 6.07 Å². The van der Waals surface area contributed by atoms with Crippen LogP contribution in [0.3, 0.4) is 0 Å². The van der Waals surface area contributed by atoms with Crippen LogP contribution in [-0.4, -0.2) is 25.0 Å². The van der Waals surface area contributed by atoms with Crippen molar-refractivity contribution < 1.29 is 24.1 Å². The Morgan fingerprint density at radius 1 is 1.47 bits per heavy atom. The topological polar surface area (TPSA) is 65.0 Å². The van der Waals surface area contributed by atoms with Gasteiger partial charge in [-0.05, 0) is 6.07 Å². The molecule has 0 radical (unpaired) electrons. The van der Waals surface area contributed by atoms with Crippen LogP contribution >= 0.6 is 0 Å². The lowest BCUT2D eigenvalue weighted by Crippen LogP contribution is -2.04. The van der Waals surface area contributed by atoms with E-state index in [0.717, 1.165) is 0 Å². The Bertz CT molecular complexity index is 399. The number of rotatable bonds is 2. The van der Waals surface area contributed by atoms with E-state index < -0.39 is 5.97 Å². The van der Waals surface area contributed by atoms with Crippen molar-refractivity contribution in [2.75, 3.05) is 13.9 Å². The van der Waals surface area contributed by atoms with Crippen molar-refractivity contribution >= 4 is 5.97 Å². The van der Waals surface area contributed by atoms with Crippen molar-refractivity contribution in [2.45, 2.75) is 6.42 Å². The van der Waals surface area contributed by atoms with Gasteiger partial charge in [0.25, 0.3) is 0 Å². The average Bonchev–Trinajstić information content (AvgIpc) is 2.65. The maximum Gasteiger partial charge on any atom is 0.310 e. The standard InChI is InChI=1S/C10H10O5/c1-13-10(12)3-6-2-8-9(4-7(6)11)15-5-14-8/h2,4,11H,3,5H2,1H3. The largest absolute Gasteiger partial charge is 0.508 e. The van der Waals surface area contributed by atoms with Crippen molar-refractivity contribution in [3.63, 3.8) is 0 Å². The fourth-order valence-electron chi connectivity index (χ4n) is 1.34. The van der Waals surface area contributed by atoms with Gasteiger partial charge in [0, 0.05) is 11.6 Å². The Kier molecular flexibility index (Phi) is 2.37. The highest BCUT2D eigenvalue weighted by Gasteiger charge is 2.18. The van der Waals surface area contributed by atoms with E-state index in [-0.39, 0.29) is 19.0 Å². The van der Waals surface area contributed by atoms with E-state index in [0.29, 0.717) is 17.1 Å². The number of hydrogen-bond acceptors (Lipinski definition) is 5. The van der Waals surface area contributed by atoms with Gasteiger partial charge in [0.15, 0.2) is 11.5 Å². The third kappa shape index (κ3) is 1.81. The number of hydrogen-bond donors (Lipinski definition) is 1. The number of carbonyl (C=O) groups excluding carboxylic acids is 1. The maximum absolute atomic E-state index is 11.0. The van der Waals surface area contributed by atoms with Gasteiger partial charge in [0.1, 0.15) is 5.75 Å². The van der Waals surface area contributed by atoms with Gasteiger partial charge in [-0.15, -0.1) is 0 Å². The highest BCUT2D eigenvalue weighted by atomic mass is 16.7. The highest BCUT2D eigenvalue weighted by Crippen LogP contribution is 2.37. The van der Waals surface area contributed by atoms with Gasteiger partial charge < -0.3 is 19.3 Å². The van der Waals surface area contributed by atoms with Crippen LogP contribution in [0.1, 0.15) is 5.56 Å². The lowest BCUT2D eigenvalue weighted by atomic mass is 10.1. The number of esters is 1. The van der Waals surface area contributed by atoms with Gasteiger partial charge in [-0.2, -0.15) is 0 Å². The molecule has 0 saturated heterocycles. The van der Waals surface area contributed by atoms with E-state index in [1.165, 1.54) is 13.2 Å². The fourth-order valence-corrected chi connectivity index (χ4v) is 1.34. The molecule has 0 spiro atoms. The first-order chi connectivity index (χ1) is 7.20. The third-order valence-electron chi connectivity index (χ3n) is 2.14. The van der Waals surface area contributed by atoms with Gasteiger partial charge in [0.2, 0.25) is 6.79 Å². The number of phenols is 1. The van der Waals surface area contributed by atoms with Gasteiger partial charge in [-0.1, -0.05) is 0 Å². The van der Waals surface area contributed by atoms with Crippen LogP contribution in [0.25, 0.3) is 0 Å². The molecule has 0 saturated carbocycles. The summed E-state index contributed by atoms with van der Waals surface area (Å²) in [6.07, 6.45) is 0.0129. The van der Waals surface area contributed by atoms with Crippen molar-refractivity contribution in [1.82, 2.24) is 0 Å². The number of benzene rings is 1. The Hall–Kier alpha value is -1.91. The van der Waals surface area contributed by atoms with E-state index in [4.69, 9.17) is 9.47 Å². The van der Waals surface area contributed by atoms with Crippen LogP contribution in [0.15, 0.2) is 12.1 Å². The molecule has 2 rings (SSSR count). The summed E-state index contributed by atoms with van der Waals surface area (Å²) in [5.41, 5.74) is 0.464. The highest BCUT2D eigenvalue weighted by molar-refractivity contribution is 5.74. The second-order valence-electron chi connectivity index (χ2n) is 3.09.